The molecule has 0 spiro atoms. The summed E-state index contributed by atoms with van der Waals surface area (Å²) in [6.07, 6.45) is 2.31. The normalized spacial score (nSPS) is 27.3. The third-order valence-electron chi connectivity index (χ3n) is 3.46. The van der Waals surface area contributed by atoms with Crippen LogP contribution in [-0.2, 0) is 4.79 Å². The highest BCUT2D eigenvalue weighted by atomic mass is 79.9. The molecule has 1 aromatic rings. The molecule has 1 saturated carbocycles. The van der Waals surface area contributed by atoms with Gasteiger partial charge in [-0.2, -0.15) is 0 Å². The summed E-state index contributed by atoms with van der Waals surface area (Å²) in [5.74, 6) is -0.734. The second-order valence-corrected chi connectivity index (χ2v) is 6.87. The maximum atomic E-state index is 11.3. The maximum absolute atomic E-state index is 11.3. The molecule has 1 aromatic carbocycles. The Morgan fingerprint density at radius 1 is 1.61 bits per heavy atom. The smallest absolute Gasteiger partial charge is 0.323 e. The monoisotopic (exact) mass is 329 g/mol. The van der Waals surface area contributed by atoms with Gasteiger partial charge >= 0.3 is 5.97 Å². The summed E-state index contributed by atoms with van der Waals surface area (Å²) in [7, 11) is 1.74. The Bertz CT molecular complexity index is 454. The predicted octanol–water partition coefficient (Wildman–Crippen LogP) is 3.14. The lowest BCUT2D eigenvalue weighted by Crippen LogP contribution is -2.48. The van der Waals surface area contributed by atoms with Crippen molar-refractivity contribution in [2.75, 3.05) is 7.05 Å². The zero-order valence-electron chi connectivity index (χ0n) is 10.1. The van der Waals surface area contributed by atoms with Crippen molar-refractivity contribution in [1.82, 2.24) is 5.32 Å². The van der Waals surface area contributed by atoms with Crippen molar-refractivity contribution in [2.24, 2.45) is 0 Å². The van der Waals surface area contributed by atoms with Crippen LogP contribution in [0.5, 0.6) is 0 Å². The third-order valence-corrected chi connectivity index (χ3v) is 5.21. The number of carbonyl (C=O) groups is 1. The number of nitrogens with one attached hydrogen (secondary N) is 1. The largest absolute Gasteiger partial charge is 0.480 e. The van der Waals surface area contributed by atoms with Gasteiger partial charge in [0, 0.05) is 14.6 Å². The molecule has 2 rings (SSSR count). The van der Waals surface area contributed by atoms with Gasteiger partial charge in [0.05, 0.1) is 0 Å². The number of carboxylic acids is 1. The highest BCUT2D eigenvalue weighted by Gasteiger charge is 2.44. The predicted molar refractivity (Wildman–Crippen MR) is 77.1 cm³/mol. The molecule has 2 atom stereocenters. The Kier molecular flexibility index (Phi) is 4.35. The van der Waals surface area contributed by atoms with E-state index in [1.165, 1.54) is 4.90 Å². The maximum Gasteiger partial charge on any atom is 0.323 e. The van der Waals surface area contributed by atoms with Crippen LogP contribution in [-0.4, -0.2) is 28.9 Å². The summed E-state index contributed by atoms with van der Waals surface area (Å²) in [4.78, 5) is 12.5. The topological polar surface area (TPSA) is 49.3 Å². The van der Waals surface area contributed by atoms with Crippen molar-refractivity contribution in [3.63, 3.8) is 0 Å². The minimum Gasteiger partial charge on any atom is -0.480 e. The molecule has 1 fully saturated rings. The average Bonchev–Trinajstić information content (AvgIpc) is 2.74. The molecule has 0 radical (unpaired) electrons. The van der Waals surface area contributed by atoms with Gasteiger partial charge in [-0.05, 0) is 44.5 Å². The van der Waals surface area contributed by atoms with Crippen molar-refractivity contribution in [2.45, 2.75) is 34.9 Å². The molecular formula is C13H16BrNO2S. The Morgan fingerprint density at radius 3 is 2.94 bits per heavy atom. The molecule has 0 aromatic heterocycles. The van der Waals surface area contributed by atoms with Crippen LogP contribution in [0.25, 0.3) is 0 Å². The van der Waals surface area contributed by atoms with Crippen LogP contribution < -0.4 is 5.32 Å². The average molecular weight is 330 g/mol. The first kappa shape index (κ1) is 13.9. The minimum absolute atomic E-state index is 0.364. The molecule has 1 aliphatic rings. The van der Waals surface area contributed by atoms with E-state index in [1.54, 1.807) is 18.8 Å². The summed E-state index contributed by atoms with van der Waals surface area (Å²) in [5, 5.41) is 12.7. The number of thioether (sulfide) groups is 1. The van der Waals surface area contributed by atoms with Crippen LogP contribution in [0.3, 0.4) is 0 Å². The lowest BCUT2D eigenvalue weighted by molar-refractivity contribution is -0.144. The van der Waals surface area contributed by atoms with Crippen LogP contribution in [0.1, 0.15) is 19.3 Å². The van der Waals surface area contributed by atoms with Crippen LogP contribution in [0.2, 0.25) is 0 Å². The van der Waals surface area contributed by atoms with E-state index < -0.39 is 11.5 Å². The number of halogens is 1. The first-order valence-electron chi connectivity index (χ1n) is 5.90. The van der Waals surface area contributed by atoms with Crippen molar-refractivity contribution in [3.8, 4) is 0 Å². The van der Waals surface area contributed by atoms with E-state index in [-0.39, 0.29) is 0 Å². The Morgan fingerprint density at radius 2 is 2.39 bits per heavy atom. The number of benzene rings is 1. The quantitative estimate of drug-likeness (QED) is 0.890. The molecule has 18 heavy (non-hydrogen) atoms. The van der Waals surface area contributed by atoms with Gasteiger partial charge in [0.2, 0.25) is 0 Å². The number of aliphatic carboxylic acids is 1. The van der Waals surface area contributed by atoms with Gasteiger partial charge in [0.15, 0.2) is 0 Å². The van der Waals surface area contributed by atoms with Crippen molar-refractivity contribution in [1.29, 1.82) is 0 Å². The molecule has 2 N–H and O–H groups in total. The molecule has 3 nitrogen and oxygen atoms in total. The Balaban J connectivity index is 2.03. The number of likely N-dealkylation sites (N-methyl/N-ethyl adjacent to an activating group) is 1. The second kappa shape index (κ2) is 5.63. The first-order chi connectivity index (χ1) is 8.55. The van der Waals surface area contributed by atoms with Crippen LogP contribution in [0, 0.1) is 0 Å². The fraction of sp³-hybridized carbons (Fsp3) is 0.462. The second-order valence-electron chi connectivity index (χ2n) is 4.58. The van der Waals surface area contributed by atoms with Crippen LogP contribution in [0.4, 0.5) is 0 Å². The lowest BCUT2D eigenvalue weighted by atomic mass is 9.99. The van der Waals surface area contributed by atoms with Crippen LogP contribution in [0.15, 0.2) is 33.6 Å². The molecular weight excluding hydrogens is 314 g/mol. The van der Waals surface area contributed by atoms with E-state index in [9.17, 15) is 9.90 Å². The third kappa shape index (κ3) is 2.90. The summed E-state index contributed by atoms with van der Waals surface area (Å²) in [5.41, 5.74) is -0.732. The Labute approximate surface area is 119 Å². The minimum atomic E-state index is -0.734. The standard InChI is InChI=1S/C13H16BrNO2S/c1-15-13(12(16)17)6-5-11(8-13)18-10-4-2-3-9(14)7-10/h2-4,7,11,15H,5-6,8H2,1H3,(H,16,17). The van der Waals surface area contributed by atoms with E-state index >= 15 is 0 Å². The summed E-state index contributed by atoms with van der Waals surface area (Å²) >= 11 is 5.22. The lowest BCUT2D eigenvalue weighted by Gasteiger charge is -2.23. The molecule has 0 amide bonds. The number of hydrogen-bond acceptors (Lipinski definition) is 3. The Hall–Kier alpha value is -0.520. The number of hydrogen-bond donors (Lipinski definition) is 2. The molecule has 1 aliphatic carbocycles. The number of rotatable bonds is 4. The van der Waals surface area contributed by atoms with Crippen molar-refractivity contribution >= 4 is 33.7 Å². The highest BCUT2D eigenvalue weighted by Crippen LogP contribution is 2.40. The van der Waals surface area contributed by atoms with Gasteiger partial charge in [-0.15, -0.1) is 11.8 Å². The number of carboxylic acid groups (broad SMARTS) is 1. The molecule has 2 unspecified atom stereocenters. The molecule has 0 heterocycles. The van der Waals surface area contributed by atoms with Gasteiger partial charge in [0.25, 0.3) is 0 Å². The molecule has 0 saturated heterocycles. The van der Waals surface area contributed by atoms with Crippen molar-refractivity contribution in [3.05, 3.63) is 28.7 Å². The van der Waals surface area contributed by atoms with Crippen molar-refractivity contribution < 1.29 is 9.90 Å². The highest BCUT2D eigenvalue weighted by molar-refractivity contribution is 9.10. The summed E-state index contributed by atoms with van der Waals surface area (Å²) in [6.45, 7) is 0. The van der Waals surface area contributed by atoms with E-state index in [1.807, 2.05) is 12.1 Å². The first-order valence-corrected chi connectivity index (χ1v) is 7.57. The van der Waals surface area contributed by atoms with Crippen LogP contribution >= 0.6 is 27.7 Å². The van der Waals surface area contributed by atoms with E-state index in [0.29, 0.717) is 18.1 Å². The van der Waals surface area contributed by atoms with Gasteiger partial charge in [-0.3, -0.25) is 4.79 Å². The fourth-order valence-electron chi connectivity index (χ4n) is 2.36. The summed E-state index contributed by atoms with van der Waals surface area (Å²) in [6, 6.07) is 8.14. The van der Waals surface area contributed by atoms with E-state index in [0.717, 1.165) is 10.9 Å². The van der Waals surface area contributed by atoms with Gasteiger partial charge in [-0.25, -0.2) is 0 Å². The van der Waals surface area contributed by atoms with E-state index in [2.05, 4.69) is 33.4 Å². The zero-order valence-corrected chi connectivity index (χ0v) is 12.6. The molecule has 98 valence electrons. The van der Waals surface area contributed by atoms with Gasteiger partial charge in [0.1, 0.15) is 5.54 Å². The molecule has 0 bridgehead atoms. The summed E-state index contributed by atoms with van der Waals surface area (Å²) < 4.78 is 1.06. The fourth-order valence-corrected chi connectivity index (χ4v) is 4.25. The SMILES string of the molecule is CNC1(C(=O)O)CCC(Sc2cccc(Br)c2)C1. The van der Waals surface area contributed by atoms with Gasteiger partial charge < -0.3 is 10.4 Å². The zero-order chi connectivity index (χ0) is 13.2. The van der Waals surface area contributed by atoms with Gasteiger partial charge in [-0.1, -0.05) is 22.0 Å². The van der Waals surface area contributed by atoms with E-state index in [4.69, 9.17) is 0 Å². The molecule has 5 heteroatoms. The molecule has 0 aliphatic heterocycles.